The summed E-state index contributed by atoms with van der Waals surface area (Å²) in [5.41, 5.74) is 0.901. The molecular formula is C10H11ClFN. The predicted octanol–water partition coefficient (Wildman–Crippen LogP) is 2.67. The van der Waals surface area contributed by atoms with Gasteiger partial charge in [-0.1, -0.05) is 30.3 Å². The first-order valence-corrected chi connectivity index (χ1v) is 4.35. The number of hydrogen-bond donors (Lipinski definition) is 1. The Kier molecular flexibility index (Phi) is 3.93. The van der Waals surface area contributed by atoms with Crippen molar-refractivity contribution in [3.8, 4) is 0 Å². The van der Waals surface area contributed by atoms with E-state index in [9.17, 15) is 4.39 Å². The number of halogens is 2. The van der Waals surface area contributed by atoms with Crippen molar-refractivity contribution in [2.24, 2.45) is 0 Å². The molecule has 0 spiro atoms. The van der Waals surface area contributed by atoms with Crippen molar-refractivity contribution in [2.75, 3.05) is 6.54 Å². The third-order valence-corrected chi connectivity index (χ3v) is 1.67. The number of hydrogen-bond acceptors (Lipinski definition) is 1. The monoisotopic (exact) mass is 199 g/mol. The normalized spacial score (nSPS) is 10.0. The minimum absolute atomic E-state index is 0.219. The Morgan fingerprint density at radius 3 is 2.92 bits per heavy atom. The van der Waals surface area contributed by atoms with Crippen LogP contribution in [0.15, 0.2) is 35.9 Å². The molecule has 1 aromatic rings. The molecule has 1 nitrogen and oxygen atoms in total. The van der Waals surface area contributed by atoms with E-state index in [1.807, 2.05) is 6.07 Å². The van der Waals surface area contributed by atoms with Crippen molar-refractivity contribution in [1.29, 1.82) is 0 Å². The van der Waals surface area contributed by atoms with Gasteiger partial charge in [0.1, 0.15) is 5.82 Å². The Balaban J connectivity index is 2.41. The van der Waals surface area contributed by atoms with Crippen LogP contribution in [0.5, 0.6) is 0 Å². The maximum absolute atomic E-state index is 12.7. The fourth-order valence-corrected chi connectivity index (χ4v) is 1.08. The average molecular weight is 200 g/mol. The van der Waals surface area contributed by atoms with Gasteiger partial charge in [-0.25, -0.2) is 4.39 Å². The van der Waals surface area contributed by atoms with Crippen LogP contribution in [0, 0.1) is 5.82 Å². The summed E-state index contributed by atoms with van der Waals surface area (Å²) in [5, 5.41) is 3.58. The summed E-state index contributed by atoms with van der Waals surface area (Å²) in [6, 6.07) is 6.45. The lowest BCUT2D eigenvalue weighted by Crippen LogP contribution is -2.14. The smallest absolute Gasteiger partial charge is 0.123 e. The van der Waals surface area contributed by atoms with Gasteiger partial charge in [0, 0.05) is 18.1 Å². The van der Waals surface area contributed by atoms with E-state index in [-0.39, 0.29) is 5.82 Å². The first-order valence-electron chi connectivity index (χ1n) is 3.97. The first kappa shape index (κ1) is 10.2. The van der Waals surface area contributed by atoms with Gasteiger partial charge < -0.3 is 5.32 Å². The highest BCUT2D eigenvalue weighted by Gasteiger charge is 1.94. The molecule has 1 rings (SSSR count). The van der Waals surface area contributed by atoms with Gasteiger partial charge in [-0.05, 0) is 17.7 Å². The first-order chi connectivity index (χ1) is 6.18. The van der Waals surface area contributed by atoms with Crippen molar-refractivity contribution >= 4 is 11.6 Å². The number of rotatable bonds is 4. The third kappa shape index (κ3) is 4.06. The molecule has 0 fully saturated rings. The van der Waals surface area contributed by atoms with Crippen molar-refractivity contribution in [1.82, 2.24) is 5.32 Å². The van der Waals surface area contributed by atoms with Crippen molar-refractivity contribution in [3.63, 3.8) is 0 Å². The molecule has 0 unspecified atom stereocenters. The number of benzene rings is 1. The van der Waals surface area contributed by atoms with E-state index >= 15 is 0 Å². The molecule has 0 saturated heterocycles. The highest BCUT2D eigenvalue weighted by Crippen LogP contribution is 2.03. The van der Waals surface area contributed by atoms with Crippen LogP contribution < -0.4 is 5.32 Å². The zero-order valence-corrected chi connectivity index (χ0v) is 7.94. The topological polar surface area (TPSA) is 12.0 Å². The van der Waals surface area contributed by atoms with Gasteiger partial charge in [-0.15, -0.1) is 0 Å². The Morgan fingerprint density at radius 1 is 1.54 bits per heavy atom. The Labute approximate surface area is 82.2 Å². The summed E-state index contributed by atoms with van der Waals surface area (Å²) in [6.07, 6.45) is 0. The van der Waals surface area contributed by atoms with Crippen LogP contribution in [0.4, 0.5) is 4.39 Å². The zero-order valence-electron chi connectivity index (χ0n) is 7.19. The summed E-state index contributed by atoms with van der Waals surface area (Å²) < 4.78 is 12.7. The van der Waals surface area contributed by atoms with Crippen LogP contribution in [0.2, 0.25) is 0 Å². The van der Waals surface area contributed by atoms with E-state index in [0.29, 0.717) is 18.1 Å². The molecule has 0 aliphatic rings. The molecule has 0 aliphatic heterocycles. The molecule has 0 aliphatic carbocycles. The van der Waals surface area contributed by atoms with E-state index < -0.39 is 0 Å². The van der Waals surface area contributed by atoms with Gasteiger partial charge in [-0.2, -0.15) is 0 Å². The largest absolute Gasteiger partial charge is 0.308 e. The lowest BCUT2D eigenvalue weighted by atomic mass is 10.2. The van der Waals surface area contributed by atoms with Gasteiger partial charge in [-0.3, -0.25) is 0 Å². The van der Waals surface area contributed by atoms with Gasteiger partial charge in [0.25, 0.3) is 0 Å². The van der Waals surface area contributed by atoms with Crippen LogP contribution in [-0.2, 0) is 6.54 Å². The molecule has 0 heterocycles. The molecule has 0 bridgehead atoms. The van der Waals surface area contributed by atoms with Crippen molar-refractivity contribution < 1.29 is 4.39 Å². The quantitative estimate of drug-likeness (QED) is 0.786. The molecule has 0 amide bonds. The summed E-state index contributed by atoms with van der Waals surface area (Å²) in [5.74, 6) is -0.219. The van der Waals surface area contributed by atoms with Crippen molar-refractivity contribution in [3.05, 3.63) is 47.3 Å². The average Bonchev–Trinajstić information content (AvgIpc) is 2.03. The van der Waals surface area contributed by atoms with Crippen LogP contribution >= 0.6 is 11.6 Å². The molecule has 0 radical (unpaired) electrons. The zero-order chi connectivity index (χ0) is 9.68. The fourth-order valence-electron chi connectivity index (χ4n) is 0.989. The molecule has 70 valence electrons. The van der Waals surface area contributed by atoms with E-state index in [4.69, 9.17) is 11.6 Å². The number of nitrogens with one attached hydrogen (secondary N) is 1. The molecule has 3 heteroatoms. The molecule has 1 aromatic carbocycles. The summed E-state index contributed by atoms with van der Waals surface area (Å²) in [6.45, 7) is 4.67. The second-order valence-corrected chi connectivity index (χ2v) is 3.29. The summed E-state index contributed by atoms with van der Waals surface area (Å²) in [7, 11) is 0. The van der Waals surface area contributed by atoms with E-state index in [1.165, 1.54) is 12.1 Å². The van der Waals surface area contributed by atoms with E-state index in [0.717, 1.165) is 5.56 Å². The molecule has 13 heavy (non-hydrogen) atoms. The highest BCUT2D eigenvalue weighted by atomic mass is 35.5. The van der Waals surface area contributed by atoms with Gasteiger partial charge in [0.05, 0.1) is 0 Å². The van der Waals surface area contributed by atoms with Crippen molar-refractivity contribution in [2.45, 2.75) is 6.54 Å². The summed E-state index contributed by atoms with van der Waals surface area (Å²) >= 11 is 5.54. The second kappa shape index (κ2) is 5.00. The van der Waals surface area contributed by atoms with Gasteiger partial charge >= 0.3 is 0 Å². The van der Waals surface area contributed by atoms with Crippen LogP contribution in [0.3, 0.4) is 0 Å². The third-order valence-electron chi connectivity index (χ3n) is 1.53. The maximum Gasteiger partial charge on any atom is 0.123 e. The van der Waals surface area contributed by atoms with Crippen LogP contribution in [0.1, 0.15) is 5.56 Å². The SMILES string of the molecule is C=C(Cl)CNCc1cccc(F)c1. The molecule has 0 atom stereocenters. The van der Waals surface area contributed by atoms with E-state index in [1.54, 1.807) is 6.07 Å². The fraction of sp³-hybridized carbons (Fsp3) is 0.200. The standard InChI is InChI=1S/C10H11ClFN/c1-8(11)6-13-7-9-3-2-4-10(12)5-9/h2-5,13H,1,6-7H2. The van der Waals surface area contributed by atoms with Crippen LogP contribution in [0.25, 0.3) is 0 Å². The summed E-state index contributed by atoms with van der Waals surface area (Å²) in [4.78, 5) is 0. The highest BCUT2D eigenvalue weighted by molar-refractivity contribution is 6.29. The minimum Gasteiger partial charge on any atom is -0.308 e. The molecule has 1 N–H and O–H groups in total. The second-order valence-electron chi connectivity index (χ2n) is 2.75. The Hall–Kier alpha value is -0.860. The minimum atomic E-state index is -0.219. The molecular weight excluding hydrogens is 189 g/mol. The maximum atomic E-state index is 12.7. The van der Waals surface area contributed by atoms with Gasteiger partial charge in [0.2, 0.25) is 0 Å². The molecule has 0 aromatic heterocycles. The van der Waals surface area contributed by atoms with Crippen LogP contribution in [-0.4, -0.2) is 6.54 Å². The Morgan fingerprint density at radius 2 is 2.31 bits per heavy atom. The lowest BCUT2D eigenvalue weighted by Gasteiger charge is -2.02. The lowest BCUT2D eigenvalue weighted by molar-refractivity contribution is 0.623. The van der Waals surface area contributed by atoms with E-state index in [2.05, 4.69) is 11.9 Å². The van der Waals surface area contributed by atoms with Gasteiger partial charge in [0.15, 0.2) is 0 Å². The Bertz CT molecular complexity index is 299. The molecule has 0 saturated carbocycles. The predicted molar refractivity (Wildman–Crippen MR) is 53.1 cm³/mol.